The molecule has 3 atom stereocenters. The molecule has 0 bridgehead atoms. The molecule has 1 rings (SSSR count). The molecule has 1 saturated carbocycles. The van der Waals surface area contributed by atoms with Gasteiger partial charge >= 0.3 is 0 Å². The van der Waals surface area contributed by atoms with Gasteiger partial charge in [0.25, 0.3) is 0 Å². The van der Waals surface area contributed by atoms with E-state index in [1.807, 2.05) is 6.92 Å². The molecule has 0 aromatic heterocycles. The number of Topliss-reactive ketones (excluding diaryl/α,β-unsaturated/α-hetero) is 1. The lowest BCUT2D eigenvalue weighted by Gasteiger charge is -2.15. The third kappa shape index (κ3) is 1.78. The lowest BCUT2D eigenvalue weighted by atomic mass is 9.87. The second-order valence-electron chi connectivity index (χ2n) is 3.43. The van der Waals surface area contributed by atoms with Crippen LogP contribution in [-0.4, -0.2) is 19.0 Å². The van der Waals surface area contributed by atoms with E-state index >= 15 is 0 Å². The molecule has 62 valence electrons. The van der Waals surface area contributed by atoms with Gasteiger partial charge < -0.3 is 0 Å². The zero-order chi connectivity index (χ0) is 8.43. The summed E-state index contributed by atoms with van der Waals surface area (Å²) >= 11 is 6.03. The van der Waals surface area contributed by atoms with Crippen LogP contribution in [0.1, 0.15) is 19.8 Å². The molecular weight excluding hydrogens is 158 g/mol. The third-order valence-corrected chi connectivity index (χ3v) is 3.11. The Labute approximate surface area is 73.9 Å². The Balaban J connectivity index is 2.56. The summed E-state index contributed by atoms with van der Waals surface area (Å²) in [6, 6.07) is 0. The van der Waals surface area contributed by atoms with Crippen LogP contribution in [0.5, 0.6) is 0 Å². The summed E-state index contributed by atoms with van der Waals surface area (Å²) in [7, 11) is 2.14. The summed E-state index contributed by atoms with van der Waals surface area (Å²) in [5.41, 5.74) is 0. The minimum Gasteiger partial charge on any atom is -0.299 e. The maximum atomic E-state index is 11.2. The highest BCUT2D eigenvalue weighted by atomic mass is 35.5. The van der Waals surface area contributed by atoms with Crippen molar-refractivity contribution in [1.82, 2.24) is 0 Å². The number of alkyl halides is 1. The normalized spacial score (nSPS) is 38.0. The molecule has 0 spiro atoms. The SMILES string of the molecule is BCCC1C(Cl)CC(=O)C1C. The molecule has 11 heavy (non-hydrogen) atoms. The van der Waals surface area contributed by atoms with Gasteiger partial charge in [0.15, 0.2) is 0 Å². The van der Waals surface area contributed by atoms with Gasteiger partial charge in [-0.1, -0.05) is 19.7 Å². The molecule has 1 aliphatic rings. The predicted octanol–water partition coefficient (Wildman–Crippen LogP) is 1.26. The molecule has 1 aliphatic carbocycles. The lowest BCUT2D eigenvalue weighted by Crippen LogP contribution is -2.14. The van der Waals surface area contributed by atoms with Gasteiger partial charge in [-0.2, -0.15) is 0 Å². The number of rotatable bonds is 2. The van der Waals surface area contributed by atoms with Gasteiger partial charge in [-0.25, -0.2) is 0 Å². The van der Waals surface area contributed by atoms with Crippen LogP contribution < -0.4 is 0 Å². The molecule has 0 aromatic carbocycles. The van der Waals surface area contributed by atoms with Crippen molar-refractivity contribution in [2.45, 2.75) is 31.5 Å². The van der Waals surface area contributed by atoms with Gasteiger partial charge in [0.05, 0.1) is 0 Å². The average molecular weight is 172 g/mol. The van der Waals surface area contributed by atoms with E-state index in [4.69, 9.17) is 11.6 Å². The molecule has 0 radical (unpaired) electrons. The zero-order valence-corrected chi connectivity index (χ0v) is 7.90. The number of ketones is 1. The summed E-state index contributed by atoms with van der Waals surface area (Å²) in [6.45, 7) is 2.00. The molecule has 0 aliphatic heterocycles. The van der Waals surface area contributed by atoms with Crippen molar-refractivity contribution in [3.8, 4) is 0 Å². The van der Waals surface area contributed by atoms with Crippen LogP contribution in [0, 0.1) is 11.8 Å². The van der Waals surface area contributed by atoms with Gasteiger partial charge in [0.1, 0.15) is 13.6 Å². The highest BCUT2D eigenvalue weighted by Gasteiger charge is 2.37. The Morgan fingerprint density at radius 1 is 1.73 bits per heavy atom. The standard InChI is InChI=1S/C8H14BClO/c1-5-6(2-3-9)7(10)4-8(5)11/h5-7H,2-4,9H2,1H3. The van der Waals surface area contributed by atoms with Gasteiger partial charge in [0.2, 0.25) is 0 Å². The van der Waals surface area contributed by atoms with Crippen molar-refractivity contribution in [2.75, 3.05) is 0 Å². The van der Waals surface area contributed by atoms with Crippen LogP contribution in [0.25, 0.3) is 0 Å². The number of hydrogen-bond donors (Lipinski definition) is 0. The Bertz CT molecular complexity index is 160. The number of halogens is 1. The summed E-state index contributed by atoms with van der Waals surface area (Å²) in [5, 5.41) is 0.109. The van der Waals surface area contributed by atoms with E-state index in [1.54, 1.807) is 0 Å². The molecule has 0 saturated heterocycles. The van der Waals surface area contributed by atoms with Crippen molar-refractivity contribution >= 4 is 25.2 Å². The fraction of sp³-hybridized carbons (Fsp3) is 0.875. The van der Waals surface area contributed by atoms with Crippen molar-refractivity contribution in [3.63, 3.8) is 0 Å². The minimum atomic E-state index is 0.109. The highest BCUT2D eigenvalue weighted by molar-refractivity contribution is 6.23. The molecule has 0 N–H and O–H groups in total. The van der Waals surface area contributed by atoms with E-state index < -0.39 is 0 Å². The molecule has 0 aromatic rings. The van der Waals surface area contributed by atoms with Gasteiger partial charge in [0, 0.05) is 17.7 Å². The van der Waals surface area contributed by atoms with E-state index in [0.29, 0.717) is 18.1 Å². The topological polar surface area (TPSA) is 17.1 Å². The van der Waals surface area contributed by atoms with E-state index in [2.05, 4.69) is 7.85 Å². The van der Waals surface area contributed by atoms with Crippen molar-refractivity contribution < 1.29 is 4.79 Å². The molecular formula is C8H14BClO. The summed E-state index contributed by atoms with van der Waals surface area (Å²) in [4.78, 5) is 11.2. The second-order valence-corrected chi connectivity index (χ2v) is 3.99. The van der Waals surface area contributed by atoms with Crippen molar-refractivity contribution in [2.24, 2.45) is 11.8 Å². The van der Waals surface area contributed by atoms with E-state index in [1.165, 1.54) is 0 Å². The first kappa shape index (κ1) is 9.12. The predicted molar refractivity (Wildman–Crippen MR) is 49.9 cm³/mol. The van der Waals surface area contributed by atoms with Crippen LogP contribution in [0.4, 0.5) is 0 Å². The van der Waals surface area contributed by atoms with Crippen LogP contribution in [0.3, 0.4) is 0 Å². The largest absolute Gasteiger partial charge is 0.299 e. The van der Waals surface area contributed by atoms with Gasteiger partial charge in [-0.05, 0) is 5.92 Å². The van der Waals surface area contributed by atoms with Crippen LogP contribution in [0.2, 0.25) is 6.32 Å². The molecule has 3 heteroatoms. The first-order chi connectivity index (χ1) is 5.16. The average Bonchev–Trinajstić information content (AvgIpc) is 2.17. The summed E-state index contributed by atoms with van der Waals surface area (Å²) in [6.07, 6.45) is 2.82. The lowest BCUT2D eigenvalue weighted by molar-refractivity contribution is -0.120. The van der Waals surface area contributed by atoms with Crippen molar-refractivity contribution in [3.05, 3.63) is 0 Å². The summed E-state index contributed by atoms with van der Waals surface area (Å²) in [5.74, 6) is 0.995. The van der Waals surface area contributed by atoms with Crippen LogP contribution in [-0.2, 0) is 4.79 Å². The maximum absolute atomic E-state index is 11.2. The third-order valence-electron chi connectivity index (χ3n) is 2.63. The monoisotopic (exact) mass is 172 g/mol. The van der Waals surface area contributed by atoms with Gasteiger partial charge in [-0.3, -0.25) is 4.79 Å². The molecule has 0 heterocycles. The Hall–Kier alpha value is 0.0249. The van der Waals surface area contributed by atoms with Crippen LogP contribution in [0.15, 0.2) is 0 Å². The van der Waals surface area contributed by atoms with Crippen LogP contribution >= 0.6 is 11.6 Å². The van der Waals surface area contributed by atoms with E-state index in [9.17, 15) is 4.79 Å². The molecule has 3 unspecified atom stereocenters. The fourth-order valence-electron chi connectivity index (χ4n) is 1.85. The number of carbonyl (C=O) groups excluding carboxylic acids is 1. The maximum Gasteiger partial charge on any atom is 0.137 e. The molecule has 1 fully saturated rings. The second kappa shape index (κ2) is 3.62. The van der Waals surface area contributed by atoms with E-state index in [0.717, 1.165) is 12.7 Å². The minimum absolute atomic E-state index is 0.109. The number of carbonyl (C=O) groups is 1. The number of hydrogen-bond acceptors (Lipinski definition) is 1. The van der Waals surface area contributed by atoms with Gasteiger partial charge in [-0.15, -0.1) is 11.6 Å². The van der Waals surface area contributed by atoms with Crippen molar-refractivity contribution in [1.29, 1.82) is 0 Å². The quantitative estimate of drug-likeness (QED) is 0.453. The molecule has 0 amide bonds. The van der Waals surface area contributed by atoms with E-state index in [-0.39, 0.29) is 11.3 Å². The Morgan fingerprint density at radius 2 is 2.36 bits per heavy atom. The molecule has 1 nitrogen and oxygen atoms in total. The zero-order valence-electron chi connectivity index (χ0n) is 7.14. The highest BCUT2D eigenvalue weighted by Crippen LogP contribution is 2.35. The Morgan fingerprint density at radius 3 is 2.73 bits per heavy atom. The first-order valence-corrected chi connectivity index (χ1v) is 4.77. The summed E-state index contributed by atoms with van der Waals surface area (Å²) < 4.78 is 0. The fourth-order valence-corrected chi connectivity index (χ4v) is 2.34. The first-order valence-electron chi connectivity index (χ1n) is 4.33. The smallest absolute Gasteiger partial charge is 0.137 e. The Kier molecular flexibility index (Phi) is 3.00.